The molecule has 2 aromatic carbocycles. The highest BCUT2D eigenvalue weighted by Gasteiger charge is 2.33. The van der Waals surface area contributed by atoms with Gasteiger partial charge in [-0.25, -0.2) is 15.0 Å². The Labute approximate surface area is 218 Å². The summed E-state index contributed by atoms with van der Waals surface area (Å²) in [6, 6.07) is 14.0. The number of halogens is 3. The number of pyridine rings is 1. The molecule has 38 heavy (non-hydrogen) atoms. The van der Waals surface area contributed by atoms with Gasteiger partial charge in [-0.3, -0.25) is 4.79 Å². The van der Waals surface area contributed by atoms with Gasteiger partial charge in [0, 0.05) is 36.6 Å². The molecule has 0 atom stereocenters. The van der Waals surface area contributed by atoms with Gasteiger partial charge in [0.2, 0.25) is 5.88 Å². The van der Waals surface area contributed by atoms with Crippen LogP contribution in [0.1, 0.15) is 46.2 Å². The van der Waals surface area contributed by atoms with Gasteiger partial charge in [0.15, 0.2) is 0 Å². The maximum atomic E-state index is 13.6. The molecule has 1 aliphatic heterocycles. The SMILES string of the molecule is CCc1nccc(-c2cccnc2Oc2cc(C(=O)N3CCCc4ccc(C(F)(F)F)cc43)ccc2C)n1. The maximum Gasteiger partial charge on any atom is 0.416 e. The minimum absolute atomic E-state index is 0.293. The van der Waals surface area contributed by atoms with Crippen LogP contribution >= 0.6 is 0 Å². The fourth-order valence-electron chi connectivity index (χ4n) is 4.45. The number of hydrogen-bond acceptors (Lipinski definition) is 5. The molecular formula is C29H25F3N4O2. The third-order valence-corrected chi connectivity index (χ3v) is 6.49. The predicted molar refractivity (Wildman–Crippen MR) is 137 cm³/mol. The first kappa shape index (κ1) is 25.4. The van der Waals surface area contributed by atoms with E-state index >= 15 is 0 Å². The van der Waals surface area contributed by atoms with Crippen LogP contribution in [-0.2, 0) is 19.0 Å². The topological polar surface area (TPSA) is 68.2 Å². The highest BCUT2D eigenvalue weighted by molar-refractivity contribution is 6.07. The molecule has 0 unspecified atom stereocenters. The standard InChI is InChI=1S/C29H25F3N4O2/c1-3-26-33-14-12-23(35-26)22-7-4-13-34-27(22)38-25-16-20(9-8-18(25)2)28(37)36-15-5-6-19-10-11-21(17-24(19)36)29(30,31)32/h4,7-14,16-17H,3,5-6,15H2,1-2H3. The van der Waals surface area contributed by atoms with E-state index in [1.807, 2.05) is 19.9 Å². The molecular weight excluding hydrogens is 493 g/mol. The van der Waals surface area contributed by atoms with Gasteiger partial charge in [-0.05, 0) is 73.4 Å². The molecule has 1 amide bonds. The number of amides is 1. The van der Waals surface area contributed by atoms with Crippen LogP contribution in [0.3, 0.4) is 0 Å². The first-order valence-electron chi connectivity index (χ1n) is 12.3. The van der Waals surface area contributed by atoms with Crippen LogP contribution < -0.4 is 9.64 Å². The lowest BCUT2D eigenvalue weighted by Crippen LogP contribution is -2.35. The van der Waals surface area contributed by atoms with E-state index in [-0.39, 0.29) is 5.91 Å². The molecule has 6 nitrogen and oxygen atoms in total. The van der Waals surface area contributed by atoms with Crippen LogP contribution in [0.15, 0.2) is 67.0 Å². The Morgan fingerprint density at radius 1 is 1.05 bits per heavy atom. The van der Waals surface area contributed by atoms with Crippen molar-refractivity contribution < 1.29 is 22.7 Å². The van der Waals surface area contributed by atoms with E-state index in [0.717, 1.165) is 23.3 Å². The number of alkyl halides is 3. The number of carbonyl (C=O) groups excluding carboxylic acids is 1. The maximum absolute atomic E-state index is 13.6. The monoisotopic (exact) mass is 518 g/mol. The molecule has 0 saturated heterocycles. The fourth-order valence-corrected chi connectivity index (χ4v) is 4.45. The number of hydrogen-bond donors (Lipinski definition) is 0. The zero-order chi connectivity index (χ0) is 26.9. The molecule has 0 spiro atoms. The number of anilines is 1. The van der Waals surface area contributed by atoms with Crippen LogP contribution in [-0.4, -0.2) is 27.4 Å². The minimum Gasteiger partial charge on any atom is -0.438 e. The Hall–Kier alpha value is -4.27. The van der Waals surface area contributed by atoms with Crippen molar-refractivity contribution in [3.8, 4) is 22.9 Å². The first-order valence-corrected chi connectivity index (χ1v) is 12.3. The van der Waals surface area contributed by atoms with Crippen molar-refractivity contribution in [2.75, 3.05) is 11.4 Å². The van der Waals surface area contributed by atoms with Gasteiger partial charge < -0.3 is 9.64 Å². The lowest BCUT2D eigenvalue weighted by Gasteiger charge is -2.30. The number of aryl methyl sites for hydroxylation is 3. The number of benzene rings is 2. The summed E-state index contributed by atoms with van der Waals surface area (Å²) < 4.78 is 46.3. The first-order chi connectivity index (χ1) is 18.2. The summed E-state index contributed by atoms with van der Waals surface area (Å²) in [5, 5.41) is 0. The second-order valence-electron chi connectivity index (χ2n) is 9.05. The summed E-state index contributed by atoms with van der Waals surface area (Å²) in [5.41, 5.74) is 2.65. The second-order valence-corrected chi connectivity index (χ2v) is 9.05. The molecule has 0 saturated carbocycles. The van der Waals surface area contributed by atoms with Crippen molar-refractivity contribution in [1.29, 1.82) is 0 Å². The van der Waals surface area contributed by atoms with E-state index in [9.17, 15) is 18.0 Å². The smallest absolute Gasteiger partial charge is 0.416 e. The summed E-state index contributed by atoms with van der Waals surface area (Å²) in [6.07, 6.45) is 0.753. The van der Waals surface area contributed by atoms with Gasteiger partial charge in [-0.2, -0.15) is 13.2 Å². The third-order valence-electron chi connectivity index (χ3n) is 6.49. The van der Waals surface area contributed by atoms with Crippen LogP contribution in [0, 0.1) is 6.92 Å². The molecule has 1 aliphatic rings. The van der Waals surface area contributed by atoms with Crippen LogP contribution in [0.5, 0.6) is 11.6 Å². The molecule has 194 valence electrons. The van der Waals surface area contributed by atoms with Crippen molar-refractivity contribution in [3.63, 3.8) is 0 Å². The van der Waals surface area contributed by atoms with E-state index in [1.165, 1.54) is 11.0 Å². The van der Waals surface area contributed by atoms with Crippen LogP contribution in [0.4, 0.5) is 18.9 Å². The van der Waals surface area contributed by atoms with Crippen LogP contribution in [0.2, 0.25) is 0 Å². The molecule has 0 aliphatic carbocycles. The number of ether oxygens (including phenoxy) is 1. The summed E-state index contributed by atoms with van der Waals surface area (Å²) in [6.45, 7) is 4.14. The summed E-state index contributed by atoms with van der Waals surface area (Å²) >= 11 is 0. The van der Waals surface area contributed by atoms with Gasteiger partial charge in [-0.15, -0.1) is 0 Å². The molecule has 9 heteroatoms. The van der Waals surface area contributed by atoms with E-state index in [0.29, 0.717) is 65.8 Å². The van der Waals surface area contributed by atoms with Crippen molar-refractivity contribution in [1.82, 2.24) is 15.0 Å². The minimum atomic E-state index is -4.49. The number of aromatic nitrogens is 3. The van der Waals surface area contributed by atoms with E-state index < -0.39 is 11.7 Å². The number of fused-ring (bicyclic) bond motifs is 1. The van der Waals surface area contributed by atoms with E-state index in [4.69, 9.17) is 4.74 Å². The highest BCUT2D eigenvalue weighted by atomic mass is 19.4. The zero-order valence-corrected chi connectivity index (χ0v) is 20.9. The summed E-state index contributed by atoms with van der Waals surface area (Å²) in [4.78, 5) is 28.2. The molecule has 0 fully saturated rings. The summed E-state index contributed by atoms with van der Waals surface area (Å²) in [7, 11) is 0. The molecule has 4 aromatic rings. The Morgan fingerprint density at radius 3 is 2.68 bits per heavy atom. The lowest BCUT2D eigenvalue weighted by atomic mass is 9.98. The average molecular weight is 519 g/mol. The van der Waals surface area contributed by atoms with Crippen molar-refractivity contribution >= 4 is 11.6 Å². The van der Waals surface area contributed by atoms with Gasteiger partial charge in [0.1, 0.15) is 11.6 Å². The molecule has 0 N–H and O–H groups in total. The highest BCUT2D eigenvalue weighted by Crippen LogP contribution is 2.37. The Bertz CT molecular complexity index is 1500. The quantitative estimate of drug-likeness (QED) is 0.290. The van der Waals surface area contributed by atoms with E-state index in [2.05, 4.69) is 15.0 Å². The normalized spacial score (nSPS) is 13.2. The summed E-state index contributed by atoms with van der Waals surface area (Å²) in [5.74, 6) is 1.04. The van der Waals surface area contributed by atoms with E-state index in [1.54, 1.807) is 42.7 Å². The average Bonchev–Trinajstić information content (AvgIpc) is 2.93. The predicted octanol–water partition coefficient (Wildman–Crippen LogP) is 6.81. The fraction of sp³-hybridized carbons (Fsp3) is 0.241. The van der Waals surface area contributed by atoms with Gasteiger partial charge in [0.25, 0.3) is 5.91 Å². The van der Waals surface area contributed by atoms with Crippen molar-refractivity contribution in [2.45, 2.75) is 39.3 Å². The Kier molecular flexibility index (Phi) is 6.84. The van der Waals surface area contributed by atoms with Gasteiger partial charge in [-0.1, -0.05) is 19.1 Å². The van der Waals surface area contributed by atoms with Crippen LogP contribution in [0.25, 0.3) is 11.3 Å². The molecule has 3 heterocycles. The van der Waals surface area contributed by atoms with Gasteiger partial charge in [0.05, 0.1) is 16.8 Å². The number of rotatable bonds is 5. The number of carbonyl (C=O) groups is 1. The lowest BCUT2D eigenvalue weighted by molar-refractivity contribution is -0.137. The molecule has 5 rings (SSSR count). The van der Waals surface area contributed by atoms with Crippen molar-refractivity contribution in [2.24, 2.45) is 0 Å². The molecule has 0 bridgehead atoms. The largest absolute Gasteiger partial charge is 0.438 e. The molecule has 0 radical (unpaired) electrons. The molecule has 2 aromatic heterocycles. The van der Waals surface area contributed by atoms with Crippen molar-refractivity contribution in [3.05, 3.63) is 95.1 Å². The third kappa shape index (κ3) is 5.09. The zero-order valence-electron chi connectivity index (χ0n) is 20.9. The van der Waals surface area contributed by atoms with Gasteiger partial charge >= 0.3 is 6.18 Å². The number of nitrogens with zero attached hydrogens (tertiary/aromatic N) is 4. The Morgan fingerprint density at radius 2 is 1.89 bits per heavy atom. The second kappa shape index (κ2) is 10.2. The Balaban J connectivity index is 1.47.